The van der Waals surface area contributed by atoms with Crippen LogP contribution in [0.15, 0.2) is 23.9 Å². The summed E-state index contributed by atoms with van der Waals surface area (Å²) in [6.07, 6.45) is 2.80. The maximum atomic E-state index is 13.5. The number of hydrogen-bond acceptors (Lipinski definition) is 6. The summed E-state index contributed by atoms with van der Waals surface area (Å²) in [6, 6.07) is -0.368. The third-order valence-corrected chi connectivity index (χ3v) is 8.93. The molecule has 0 bridgehead atoms. The number of nitrogens with zero attached hydrogens (tertiary/aromatic N) is 2. The normalized spacial score (nSPS) is 27.7. The average Bonchev–Trinajstić information content (AvgIpc) is 3.30. The van der Waals surface area contributed by atoms with Crippen LogP contribution in [0, 0.1) is 17.3 Å². The van der Waals surface area contributed by atoms with E-state index < -0.39 is 32.6 Å². The Morgan fingerprint density at radius 1 is 1.25 bits per heavy atom. The molecule has 2 fully saturated rings. The number of ether oxygens (including phenoxy) is 2. The summed E-state index contributed by atoms with van der Waals surface area (Å²) in [7, 11) is 0.110. The fourth-order valence-corrected chi connectivity index (χ4v) is 7.57. The highest BCUT2D eigenvalue weighted by atomic mass is 28.3. The molecule has 0 saturated carbocycles. The Morgan fingerprint density at radius 2 is 1.92 bits per heavy atom. The zero-order chi connectivity index (χ0) is 27.0. The van der Waals surface area contributed by atoms with Gasteiger partial charge in [0.05, 0.1) is 30.2 Å². The number of aliphatic carboxylic acids is 1. The van der Waals surface area contributed by atoms with Gasteiger partial charge in [0.25, 0.3) is 0 Å². The van der Waals surface area contributed by atoms with Crippen LogP contribution >= 0.6 is 0 Å². The van der Waals surface area contributed by atoms with Crippen LogP contribution in [0.3, 0.4) is 0 Å². The summed E-state index contributed by atoms with van der Waals surface area (Å²) < 4.78 is 17.1. The number of carboxylic acid groups (broad SMARTS) is 1. The zero-order valence-electron chi connectivity index (χ0n) is 22.7. The third-order valence-electron chi connectivity index (χ3n) is 7.97. The number of likely N-dealkylation sites (tertiary alicyclic amines) is 1. The van der Waals surface area contributed by atoms with Crippen molar-refractivity contribution in [1.82, 2.24) is 9.80 Å². The molecule has 9 nitrogen and oxygen atoms in total. The van der Waals surface area contributed by atoms with Crippen LogP contribution in [0.2, 0.25) is 13.1 Å². The number of carbonyl (C=O) groups is 3. The van der Waals surface area contributed by atoms with Gasteiger partial charge in [-0.15, -0.1) is 0 Å². The van der Waals surface area contributed by atoms with E-state index in [-0.39, 0.29) is 41.6 Å². The van der Waals surface area contributed by atoms with E-state index in [0.29, 0.717) is 32.4 Å². The van der Waals surface area contributed by atoms with E-state index in [2.05, 4.69) is 40.4 Å². The first-order valence-electron chi connectivity index (χ1n) is 12.8. The molecule has 3 heterocycles. The summed E-state index contributed by atoms with van der Waals surface area (Å²) in [5.74, 6) is -1.59. The van der Waals surface area contributed by atoms with Gasteiger partial charge >= 0.3 is 12.1 Å². The quantitative estimate of drug-likeness (QED) is 0.266. The van der Waals surface area contributed by atoms with Crippen molar-refractivity contribution in [3.8, 4) is 0 Å². The molecule has 1 N–H and O–H groups in total. The summed E-state index contributed by atoms with van der Waals surface area (Å²) in [4.78, 5) is 41.5. The van der Waals surface area contributed by atoms with Crippen LogP contribution in [0.1, 0.15) is 47.0 Å². The van der Waals surface area contributed by atoms with Crippen LogP contribution in [-0.4, -0.2) is 86.5 Å². The van der Waals surface area contributed by atoms with E-state index in [9.17, 15) is 19.5 Å². The topological polar surface area (TPSA) is 106 Å². The Labute approximate surface area is 216 Å². The number of rotatable bonds is 10. The minimum atomic E-state index is -1.48. The number of carbonyl (C=O) groups excluding carboxylic acids is 2. The fourth-order valence-electron chi connectivity index (χ4n) is 6.09. The summed E-state index contributed by atoms with van der Waals surface area (Å²) in [5, 5.41) is 10.1. The highest BCUT2D eigenvalue weighted by Gasteiger charge is 2.64. The van der Waals surface area contributed by atoms with Gasteiger partial charge in [-0.25, -0.2) is 9.59 Å². The molecule has 0 aromatic heterocycles. The minimum absolute atomic E-state index is 0.0476. The Hall–Kier alpha value is -2.17. The molecule has 0 radical (unpaired) electrons. The first-order valence-corrected chi connectivity index (χ1v) is 15.5. The van der Waals surface area contributed by atoms with Crippen molar-refractivity contribution in [2.24, 2.45) is 17.3 Å². The first-order chi connectivity index (χ1) is 16.8. The number of β-lactam (4-membered cyclic amide) rings is 1. The predicted octanol–water partition coefficient (Wildman–Crippen LogP) is 3.41. The van der Waals surface area contributed by atoms with Gasteiger partial charge in [0.15, 0.2) is 9.04 Å². The van der Waals surface area contributed by atoms with E-state index in [0.717, 1.165) is 5.57 Å². The van der Waals surface area contributed by atoms with Crippen molar-refractivity contribution in [1.29, 1.82) is 0 Å². The van der Waals surface area contributed by atoms with E-state index in [1.807, 2.05) is 6.92 Å². The minimum Gasteiger partial charge on any atom is -0.477 e. The summed E-state index contributed by atoms with van der Waals surface area (Å²) in [6.45, 7) is 17.0. The molecule has 0 aromatic carbocycles. The highest BCUT2D eigenvalue weighted by molar-refractivity contribution is 6.48. The maximum absolute atomic E-state index is 13.5. The fraction of sp³-hybridized carbons (Fsp3) is 0.731. The van der Waals surface area contributed by atoms with Gasteiger partial charge in [0.1, 0.15) is 12.3 Å². The Kier molecular flexibility index (Phi) is 8.42. The Balaban J connectivity index is 1.82. The predicted molar refractivity (Wildman–Crippen MR) is 138 cm³/mol. The second-order valence-corrected chi connectivity index (χ2v) is 14.0. The van der Waals surface area contributed by atoms with Crippen molar-refractivity contribution >= 4 is 27.0 Å². The largest absolute Gasteiger partial charge is 0.477 e. The average molecular weight is 523 g/mol. The molecular formula is C26H42N2O7Si. The van der Waals surface area contributed by atoms with Crippen LogP contribution in [0.4, 0.5) is 4.79 Å². The summed E-state index contributed by atoms with van der Waals surface area (Å²) in [5.41, 5.74) is -0.111. The SMILES string of the molecule is C=CCOC(=O)N1CC(CC2=C(C(=O)O)N3C(=O)[C@H]([C@@](C)(O[SiH](C)C)C(C)(C)C)[C@H]3C2)C[C@H]1COC. The van der Waals surface area contributed by atoms with Crippen LogP contribution in [-0.2, 0) is 23.5 Å². The van der Waals surface area contributed by atoms with Crippen LogP contribution in [0.5, 0.6) is 0 Å². The number of amides is 2. The molecule has 2 amide bonds. The monoisotopic (exact) mass is 522 g/mol. The molecule has 0 aromatic rings. The molecule has 202 valence electrons. The zero-order valence-corrected chi connectivity index (χ0v) is 23.9. The van der Waals surface area contributed by atoms with E-state index in [1.165, 1.54) is 11.0 Å². The molecule has 10 heteroatoms. The van der Waals surface area contributed by atoms with Crippen molar-refractivity contribution in [2.45, 2.75) is 77.7 Å². The smallest absolute Gasteiger partial charge is 0.410 e. The molecule has 0 aliphatic carbocycles. The number of methoxy groups -OCH3 is 1. The molecule has 0 spiro atoms. The number of carboxylic acids is 1. The summed E-state index contributed by atoms with van der Waals surface area (Å²) >= 11 is 0. The molecule has 3 aliphatic rings. The molecule has 3 rings (SSSR count). The van der Waals surface area contributed by atoms with Gasteiger partial charge in [-0.3, -0.25) is 4.79 Å². The molecular weight excluding hydrogens is 480 g/mol. The van der Waals surface area contributed by atoms with Crippen LogP contribution in [0.25, 0.3) is 0 Å². The lowest BCUT2D eigenvalue weighted by atomic mass is 9.63. The van der Waals surface area contributed by atoms with Crippen molar-refractivity contribution in [3.63, 3.8) is 0 Å². The van der Waals surface area contributed by atoms with Crippen molar-refractivity contribution in [2.75, 3.05) is 26.9 Å². The van der Waals surface area contributed by atoms with Crippen molar-refractivity contribution < 1.29 is 33.4 Å². The number of fused-ring (bicyclic) bond motifs is 1. The van der Waals surface area contributed by atoms with E-state index in [4.69, 9.17) is 13.9 Å². The van der Waals surface area contributed by atoms with Gasteiger partial charge in [-0.1, -0.05) is 33.4 Å². The third kappa shape index (κ3) is 5.12. The van der Waals surface area contributed by atoms with Gasteiger partial charge in [0, 0.05) is 13.7 Å². The molecule has 5 atom stereocenters. The van der Waals surface area contributed by atoms with E-state index >= 15 is 0 Å². The standard InChI is InChI=1S/C26H42N2O7Si/c1-9-10-34-24(32)27-14-16(12-18(27)15-33-6)11-17-13-19-20(22(29)28(19)21(17)23(30)31)26(5,25(2,3)4)35-36(7)8/h9,16,18-20,36H,1,10-15H2,2-8H3,(H,30,31)/t16?,18-,19+,20+,26+/m0/s1. The van der Waals surface area contributed by atoms with Gasteiger partial charge in [-0.05, 0) is 56.2 Å². The lowest BCUT2D eigenvalue weighted by molar-refractivity contribution is -0.180. The van der Waals surface area contributed by atoms with Gasteiger partial charge in [0.2, 0.25) is 5.91 Å². The molecule has 36 heavy (non-hydrogen) atoms. The lowest BCUT2D eigenvalue weighted by Gasteiger charge is -2.57. The van der Waals surface area contributed by atoms with E-state index in [1.54, 1.807) is 12.0 Å². The van der Waals surface area contributed by atoms with Crippen molar-refractivity contribution in [3.05, 3.63) is 23.9 Å². The second kappa shape index (κ2) is 10.7. The van der Waals surface area contributed by atoms with Gasteiger partial charge in [-0.2, -0.15) is 0 Å². The highest BCUT2D eigenvalue weighted by Crippen LogP contribution is 2.54. The first kappa shape index (κ1) is 28.4. The molecule has 1 unspecified atom stereocenters. The number of hydrogen-bond donors (Lipinski definition) is 1. The molecule has 3 aliphatic heterocycles. The Morgan fingerprint density at radius 3 is 2.44 bits per heavy atom. The molecule has 2 saturated heterocycles. The lowest BCUT2D eigenvalue weighted by Crippen LogP contribution is -2.70. The van der Waals surface area contributed by atoms with Gasteiger partial charge < -0.3 is 28.8 Å². The maximum Gasteiger partial charge on any atom is 0.410 e. The Bertz CT molecular complexity index is 928. The second-order valence-electron chi connectivity index (χ2n) is 11.7. The van der Waals surface area contributed by atoms with Crippen LogP contribution < -0.4 is 0 Å².